The minimum absolute atomic E-state index is 0.112. The third-order valence-corrected chi connectivity index (χ3v) is 1.91. The van der Waals surface area contributed by atoms with Gasteiger partial charge in [0.2, 0.25) is 5.91 Å². The van der Waals surface area contributed by atoms with Gasteiger partial charge in [0, 0.05) is 24.3 Å². The lowest BCUT2D eigenvalue weighted by Crippen LogP contribution is -2.32. The zero-order valence-electron chi connectivity index (χ0n) is 9.07. The van der Waals surface area contributed by atoms with E-state index in [9.17, 15) is 9.59 Å². The van der Waals surface area contributed by atoms with Crippen molar-refractivity contribution in [3.8, 4) is 0 Å². The van der Waals surface area contributed by atoms with Gasteiger partial charge in [-0.3, -0.25) is 15.0 Å². The summed E-state index contributed by atoms with van der Waals surface area (Å²) in [6, 6.07) is 8.91. The quantitative estimate of drug-likeness (QED) is 0.446. The molecule has 1 aromatic carbocycles. The Bertz CT molecular complexity index is 385. The molecule has 0 fully saturated rings. The molecule has 0 bridgehead atoms. The van der Waals surface area contributed by atoms with Crippen LogP contribution >= 0.6 is 0 Å². The summed E-state index contributed by atoms with van der Waals surface area (Å²) in [6.07, 6.45) is 3.17. The van der Waals surface area contributed by atoms with Gasteiger partial charge in [0.25, 0.3) is 0 Å². The molecule has 4 heteroatoms. The summed E-state index contributed by atoms with van der Waals surface area (Å²) < 4.78 is 0. The van der Waals surface area contributed by atoms with Crippen molar-refractivity contribution in [1.82, 2.24) is 10.9 Å². The van der Waals surface area contributed by atoms with Crippen LogP contribution in [0.1, 0.15) is 23.7 Å². The fourth-order valence-corrected chi connectivity index (χ4v) is 1.03. The third-order valence-electron chi connectivity index (χ3n) is 1.91. The summed E-state index contributed by atoms with van der Waals surface area (Å²) in [6.45, 7) is 1.75. The van der Waals surface area contributed by atoms with Crippen molar-refractivity contribution < 1.29 is 9.59 Å². The van der Waals surface area contributed by atoms with Crippen molar-refractivity contribution in [2.45, 2.75) is 13.3 Å². The van der Waals surface area contributed by atoms with E-state index in [2.05, 4.69) is 10.9 Å². The van der Waals surface area contributed by atoms with E-state index < -0.39 is 0 Å². The summed E-state index contributed by atoms with van der Waals surface area (Å²) in [5.74, 6) is -0.240. The second-order valence-electron chi connectivity index (χ2n) is 3.11. The Hall–Kier alpha value is -2.10. The number of rotatable bonds is 5. The van der Waals surface area contributed by atoms with Crippen LogP contribution in [-0.4, -0.2) is 11.7 Å². The number of hydrazine groups is 1. The molecular formula is C12H14N2O2. The highest BCUT2D eigenvalue weighted by Crippen LogP contribution is 1.99. The standard InChI is InChI=1S/C12H14N2O2/c1-2-12(16)14-13-9-8-11(15)10-6-4-3-5-7-10/h3-9,13H,2H2,1H3,(H,14,16)/b9-8+. The van der Waals surface area contributed by atoms with Crippen molar-refractivity contribution in [1.29, 1.82) is 0 Å². The molecule has 1 amide bonds. The second-order valence-corrected chi connectivity index (χ2v) is 3.11. The minimum Gasteiger partial charge on any atom is -0.306 e. The highest BCUT2D eigenvalue weighted by molar-refractivity contribution is 6.04. The van der Waals surface area contributed by atoms with Crippen LogP contribution in [0.2, 0.25) is 0 Å². The lowest BCUT2D eigenvalue weighted by Gasteiger charge is -2.00. The molecule has 4 nitrogen and oxygen atoms in total. The van der Waals surface area contributed by atoms with E-state index in [4.69, 9.17) is 0 Å². The first-order valence-electron chi connectivity index (χ1n) is 5.04. The highest BCUT2D eigenvalue weighted by Gasteiger charge is 1.98. The molecule has 16 heavy (non-hydrogen) atoms. The Morgan fingerprint density at radius 2 is 1.94 bits per heavy atom. The van der Waals surface area contributed by atoms with Crippen molar-refractivity contribution in [2.75, 3.05) is 0 Å². The molecule has 1 aromatic rings. The Labute approximate surface area is 94.3 Å². The van der Waals surface area contributed by atoms with Gasteiger partial charge in [-0.25, -0.2) is 0 Å². The van der Waals surface area contributed by atoms with Crippen LogP contribution in [0.3, 0.4) is 0 Å². The Balaban J connectivity index is 2.40. The van der Waals surface area contributed by atoms with Gasteiger partial charge in [-0.2, -0.15) is 0 Å². The number of carbonyl (C=O) groups excluding carboxylic acids is 2. The molecule has 0 unspecified atom stereocenters. The molecule has 0 saturated heterocycles. The first kappa shape index (κ1) is 12.0. The van der Waals surface area contributed by atoms with Crippen molar-refractivity contribution in [2.24, 2.45) is 0 Å². The van der Waals surface area contributed by atoms with Gasteiger partial charge in [0.15, 0.2) is 5.78 Å². The normalized spacial score (nSPS) is 10.1. The number of ketones is 1. The summed E-state index contributed by atoms with van der Waals surface area (Å²) in [7, 11) is 0. The second kappa shape index (κ2) is 6.40. The lowest BCUT2D eigenvalue weighted by molar-refractivity contribution is -0.121. The van der Waals surface area contributed by atoms with Crippen LogP contribution in [0.15, 0.2) is 42.6 Å². The number of hydrogen-bond donors (Lipinski definition) is 2. The molecule has 84 valence electrons. The Morgan fingerprint density at radius 1 is 1.25 bits per heavy atom. The highest BCUT2D eigenvalue weighted by atomic mass is 16.2. The van der Waals surface area contributed by atoms with E-state index in [0.29, 0.717) is 12.0 Å². The molecule has 0 radical (unpaired) electrons. The van der Waals surface area contributed by atoms with Crippen LogP contribution in [0, 0.1) is 0 Å². The van der Waals surface area contributed by atoms with E-state index in [1.165, 1.54) is 12.3 Å². The van der Waals surface area contributed by atoms with Crippen LogP contribution < -0.4 is 10.9 Å². The first-order valence-corrected chi connectivity index (χ1v) is 5.04. The van der Waals surface area contributed by atoms with Gasteiger partial charge in [-0.15, -0.1) is 0 Å². The SMILES string of the molecule is CCC(=O)NN/C=C/C(=O)c1ccccc1. The Kier molecular flexibility index (Phi) is 4.79. The number of hydrogen-bond acceptors (Lipinski definition) is 3. The minimum atomic E-state index is -0.128. The molecule has 0 aliphatic rings. The van der Waals surface area contributed by atoms with Crippen LogP contribution in [-0.2, 0) is 4.79 Å². The largest absolute Gasteiger partial charge is 0.306 e. The van der Waals surface area contributed by atoms with Crippen LogP contribution in [0.5, 0.6) is 0 Å². The maximum Gasteiger partial charge on any atom is 0.238 e. The predicted molar refractivity (Wildman–Crippen MR) is 61.5 cm³/mol. The van der Waals surface area contributed by atoms with Gasteiger partial charge < -0.3 is 5.43 Å². The van der Waals surface area contributed by atoms with Gasteiger partial charge >= 0.3 is 0 Å². The summed E-state index contributed by atoms with van der Waals surface area (Å²) in [4.78, 5) is 22.4. The number of nitrogens with one attached hydrogen (secondary N) is 2. The van der Waals surface area contributed by atoms with Crippen molar-refractivity contribution in [3.05, 3.63) is 48.2 Å². The summed E-state index contributed by atoms with van der Waals surface area (Å²) in [5.41, 5.74) is 5.56. The average molecular weight is 218 g/mol. The monoisotopic (exact) mass is 218 g/mol. The Morgan fingerprint density at radius 3 is 2.56 bits per heavy atom. The predicted octanol–water partition coefficient (Wildman–Crippen LogP) is 1.41. The maximum atomic E-state index is 11.5. The van der Waals surface area contributed by atoms with Crippen LogP contribution in [0.4, 0.5) is 0 Å². The van der Waals surface area contributed by atoms with Gasteiger partial charge in [0.1, 0.15) is 0 Å². The first-order chi connectivity index (χ1) is 7.74. The fraction of sp³-hybridized carbons (Fsp3) is 0.167. The maximum absolute atomic E-state index is 11.5. The fourth-order valence-electron chi connectivity index (χ4n) is 1.03. The smallest absolute Gasteiger partial charge is 0.238 e. The van der Waals surface area contributed by atoms with Gasteiger partial charge in [-0.05, 0) is 0 Å². The van der Waals surface area contributed by atoms with Crippen LogP contribution in [0.25, 0.3) is 0 Å². The third kappa shape index (κ3) is 3.96. The molecule has 0 heterocycles. The number of benzene rings is 1. The van der Waals surface area contributed by atoms with E-state index in [-0.39, 0.29) is 11.7 Å². The summed E-state index contributed by atoms with van der Waals surface area (Å²) in [5, 5.41) is 0. The average Bonchev–Trinajstić information content (AvgIpc) is 2.35. The molecule has 2 N–H and O–H groups in total. The molecule has 0 spiro atoms. The van der Waals surface area contributed by atoms with Gasteiger partial charge in [-0.1, -0.05) is 37.3 Å². The number of carbonyl (C=O) groups is 2. The van der Waals surface area contributed by atoms with E-state index in [0.717, 1.165) is 0 Å². The zero-order valence-corrected chi connectivity index (χ0v) is 9.07. The molecule has 1 rings (SSSR count). The lowest BCUT2D eigenvalue weighted by atomic mass is 10.1. The molecule has 0 aliphatic heterocycles. The molecule has 0 atom stereocenters. The summed E-state index contributed by atoms with van der Waals surface area (Å²) >= 11 is 0. The van der Waals surface area contributed by atoms with Crippen molar-refractivity contribution >= 4 is 11.7 Å². The number of allylic oxidation sites excluding steroid dienone is 1. The van der Waals surface area contributed by atoms with Crippen molar-refractivity contribution in [3.63, 3.8) is 0 Å². The topological polar surface area (TPSA) is 58.2 Å². The zero-order chi connectivity index (χ0) is 11.8. The van der Waals surface area contributed by atoms with Gasteiger partial charge in [0.05, 0.1) is 0 Å². The molecule has 0 saturated carbocycles. The molecule has 0 aromatic heterocycles. The van der Waals surface area contributed by atoms with E-state index in [1.54, 1.807) is 31.2 Å². The van der Waals surface area contributed by atoms with E-state index >= 15 is 0 Å². The number of amides is 1. The molecule has 0 aliphatic carbocycles. The van der Waals surface area contributed by atoms with E-state index in [1.807, 2.05) is 6.07 Å². The molecular weight excluding hydrogens is 204 g/mol.